The Kier molecular flexibility index (Phi) is 4.69. The number of ether oxygens (including phenoxy) is 1. The van der Waals surface area contributed by atoms with E-state index in [4.69, 9.17) is 25.8 Å². The molecule has 0 saturated carbocycles. The molecular weight excluding hydrogens is 334 g/mol. The molecule has 0 bridgehead atoms. The van der Waals surface area contributed by atoms with E-state index in [0.29, 0.717) is 0 Å². The van der Waals surface area contributed by atoms with Crippen molar-refractivity contribution in [2.75, 3.05) is 0 Å². The topological polar surface area (TPSA) is 164 Å². The molecule has 9 heteroatoms. The first-order valence-electron chi connectivity index (χ1n) is 6.66. The Balaban J connectivity index is 2.43. The zero-order valence-electron chi connectivity index (χ0n) is 12.4. The van der Waals surface area contributed by atoms with E-state index in [9.17, 15) is 19.2 Å². The van der Waals surface area contributed by atoms with Crippen LogP contribution in [0, 0.1) is 0 Å². The van der Waals surface area contributed by atoms with Gasteiger partial charge in [-0.15, -0.1) is 0 Å². The van der Waals surface area contributed by atoms with Gasteiger partial charge in [0.15, 0.2) is 0 Å². The third-order valence-corrected chi connectivity index (χ3v) is 3.17. The van der Waals surface area contributed by atoms with Crippen LogP contribution >= 0.6 is 0 Å². The van der Waals surface area contributed by atoms with E-state index in [0.717, 1.165) is 24.3 Å². The van der Waals surface area contributed by atoms with Crippen LogP contribution in [0.1, 0.15) is 41.4 Å². The summed E-state index contributed by atoms with van der Waals surface area (Å²) in [5, 5.41) is 27.1. The van der Waals surface area contributed by atoms with Crippen molar-refractivity contribution in [3.05, 3.63) is 58.7 Å². The maximum atomic E-state index is 11.2. The molecule has 0 atom stereocenters. The molecule has 0 unspecified atom stereocenters. The fourth-order valence-corrected chi connectivity index (χ4v) is 2.07. The Morgan fingerprint density at radius 2 is 1.08 bits per heavy atom. The van der Waals surface area contributed by atoms with E-state index >= 15 is 0 Å². The molecular formula is C16H11NO8. The van der Waals surface area contributed by atoms with Gasteiger partial charge in [0.25, 0.3) is 0 Å². The quantitative estimate of drug-likeness (QED) is 0.614. The molecule has 0 radical (unpaired) electrons. The van der Waals surface area contributed by atoms with Gasteiger partial charge in [-0.05, 0) is 36.4 Å². The van der Waals surface area contributed by atoms with Crippen molar-refractivity contribution in [1.82, 2.24) is 0 Å². The number of hydrogen-bond donors (Lipinski definition) is 4. The van der Waals surface area contributed by atoms with Gasteiger partial charge in [-0.3, -0.25) is 4.79 Å². The van der Waals surface area contributed by atoms with Crippen LogP contribution in [-0.2, 0) is 0 Å². The summed E-state index contributed by atoms with van der Waals surface area (Å²) in [4.78, 5) is 44.6. The number of rotatable bonds is 6. The largest absolute Gasteiger partial charge is 0.478 e. The molecule has 2 aromatic rings. The third kappa shape index (κ3) is 3.72. The lowest BCUT2D eigenvalue weighted by atomic mass is 10.1. The molecule has 25 heavy (non-hydrogen) atoms. The Morgan fingerprint density at radius 1 is 0.680 bits per heavy atom. The molecule has 0 aliphatic heterocycles. The fraction of sp³-hybridized carbons (Fsp3) is 0. The van der Waals surface area contributed by atoms with Gasteiger partial charge in [0, 0.05) is 0 Å². The van der Waals surface area contributed by atoms with Crippen LogP contribution in [0.15, 0.2) is 36.4 Å². The number of nitrogens with two attached hydrogens (primary N) is 1. The predicted molar refractivity (Wildman–Crippen MR) is 82.4 cm³/mol. The number of primary amides is 1. The molecule has 0 saturated heterocycles. The summed E-state index contributed by atoms with van der Waals surface area (Å²) in [6.45, 7) is 0. The third-order valence-electron chi connectivity index (χ3n) is 3.17. The average molecular weight is 345 g/mol. The van der Waals surface area contributed by atoms with Crippen molar-refractivity contribution < 1.29 is 39.2 Å². The van der Waals surface area contributed by atoms with Crippen molar-refractivity contribution in [2.24, 2.45) is 5.73 Å². The monoisotopic (exact) mass is 345 g/mol. The zero-order valence-corrected chi connectivity index (χ0v) is 12.4. The van der Waals surface area contributed by atoms with Crippen molar-refractivity contribution in [2.45, 2.75) is 0 Å². The van der Waals surface area contributed by atoms with Gasteiger partial charge in [-0.25, -0.2) is 14.4 Å². The number of aromatic carboxylic acids is 3. The average Bonchev–Trinajstić information content (AvgIpc) is 2.54. The fourth-order valence-electron chi connectivity index (χ4n) is 2.07. The van der Waals surface area contributed by atoms with Crippen molar-refractivity contribution in [3.63, 3.8) is 0 Å². The smallest absolute Gasteiger partial charge is 0.336 e. The maximum Gasteiger partial charge on any atom is 0.336 e. The minimum absolute atomic E-state index is 0.00168. The van der Waals surface area contributed by atoms with Gasteiger partial charge in [0.2, 0.25) is 5.91 Å². The van der Waals surface area contributed by atoms with E-state index in [1.165, 1.54) is 12.1 Å². The second-order valence-corrected chi connectivity index (χ2v) is 4.80. The summed E-state index contributed by atoms with van der Waals surface area (Å²) >= 11 is 0. The Labute approximate surface area is 139 Å². The molecule has 0 aromatic heterocycles. The maximum absolute atomic E-state index is 11.2. The predicted octanol–water partition coefficient (Wildman–Crippen LogP) is 1.67. The summed E-state index contributed by atoms with van der Waals surface area (Å²) in [6.07, 6.45) is 0. The van der Waals surface area contributed by atoms with Crippen LogP contribution in [0.4, 0.5) is 0 Å². The minimum Gasteiger partial charge on any atom is -0.478 e. The minimum atomic E-state index is -1.46. The van der Waals surface area contributed by atoms with Crippen LogP contribution in [-0.4, -0.2) is 39.1 Å². The second kappa shape index (κ2) is 6.71. The van der Waals surface area contributed by atoms with Gasteiger partial charge in [0.1, 0.15) is 11.5 Å². The van der Waals surface area contributed by atoms with E-state index in [1.807, 2.05) is 0 Å². The molecule has 1 amide bonds. The second-order valence-electron chi connectivity index (χ2n) is 4.80. The number of carbonyl (C=O) groups excluding carboxylic acids is 1. The van der Waals surface area contributed by atoms with Crippen molar-refractivity contribution >= 4 is 23.8 Å². The standard InChI is InChI=1S/C16H11NO8/c17-13(18)9-3-1-7(5-11(9)15(21)22)25-8-2-4-10(14(19)20)12(6-8)16(23)24/h1-6H,(H2,17,18)(H,19,20)(H,21,22)(H,23,24). The van der Waals surface area contributed by atoms with E-state index < -0.39 is 34.9 Å². The van der Waals surface area contributed by atoms with Crippen molar-refractivity contribution in [3.8, 4) is 11.5 Å². The van der Waals surface area contributed by atoms with Crippen LogP contribution in [0.3, 0.4) is 0 Å². The molecule has 2 aromatic carbocycles. The molecule has 0 heterocycles. The van der Waals surface area contributed by atoms with Crippen molar-refractivity contribution in [1.29, 1.82) is 0 Å². The number of carbonyl (C=O) groups is 4. The molecule has 9 nitrogen and oxygen atoms in total. The first-order chi connectivity index (χ1) is 11.7. The van der Waals surface area contributed by atoms with Crippen LogP contribution in [0.2, 0.25) is 0 Å². The first-order valence-corrected chi connectivity index (χ1v) is 6.66. The van der Waals surface area contributed by atoms with Gasteiger partial charge in [-0.2, -0.15) is 0 Å². The Hall–Kier alpha value is -3.88. The molecule has 0 fully saturated rings. The summed E-state index contributed by atoms with van der Waals surface area (Å²) in [6, 6.07) is 6.75. The number of carboxylic acids is 3. The lowest BCUT2D eigenvalue weighted by Crippen LogP contribution is -2.16. The molecule has 0 aliphatic rings. The van der Waals surface area contributed by atoms with Gasteiger partial charge < -0.3 is 25.8 Å². The normalized spacial score (nSPS) is 10.1. The van der Waals surface area contributed by atoms with Crippen LogP contribution < -0.4 is 10.5 Å². The van der Waals surface area contributed by atoms with Gasteiger partial charge in [-0.1, -0.05) is 0 Å². The number of amides is 1. The number of carboxylic acid groups (broad SMARTS) is 3. The highest BCUT2D eigenvalue weighted by molar-refractivity contribution is 6.04. The molecule has 0 spiro atoms. The lowest BCUT2D eigenvalue weighted by Gasteiger charge is -2.10. The molecule has 5 N–H and O–H groups in total. The molecule has 0 aliphatic carbocycles. The summed E-state index contributed by atoms with van der Waals surface area (Å²) in [5.41, 5.74) is 3.58. The van der Waals surface area contributed by atoms with E-state index in [1.54, 1.807) is 0 Å². The Bertz CT molecular complexity index is 830. The Morgan fingerprint density at radius 3 is 1.48 bits per heavy atom. The number of hydrogen-bond acceptors (Lipinski definition) is 5. The van der Waals surface area contributed by atoms with Crippen LogP contribution in [0.25, 0.3) is 0 Å². The summed E-state index contributed by atoms with van der Waals surface area (Å²) in [5.74, 6) is -5.22. The van der Waals surface area contributed by atoms with Crippen LogP contribution in [0.5, 0.6) is 11.5 Å². The first kappa shape index (κ1) is 17.5. The van der Waals surface area contributed by atoms with Gasteiger partial charge >= 0.3 is 17.9 Å². The lowest BCUT2D eigenvalue weighted by molar-refractivity contribution is 0.0651. The molecule has 128 valence electrons. The highest BCUT2D eigenvalue weighted by Crippen LogP contribution is 2.26. The summed E-state index contributed by atoms with van der Waals surface area (Å²) in [7, 11) is 0. The van der Waals surface area contributed by atoms with E-state index in [-0.39, 0.29) is 22.6 Å². The highest BCUT2D eigenvalue weighted by Gasteiger charge is 2.18. The number of benzene rings is 2. The van der Waals surface area contributed by atoms with Gasteiger partial charge in [0.05, 0.1) is 22.3 Å². The van der Waals surface area contributed by atoms with E-state index in [2.05, 4.69) is 0 Å². The summed E-state index contributed by atoms with van der Waals surface area (Å²) < 4.78 is 5.36. The highest BCUT2D eigenvalue weighted by atomic mass is 16.5. The zero-order chi connectivity index (χ0) is 18.7. The molecule has 2 rings (SSSR count). The SMILES string of the molecule is NC(=O)c1ccc(Oc2ccc(C(=O)O)c(C(=O)O)c2)cc1C(=O)O.